The van der Waals surface area contributed by atoms with Gasteiger partial charge in [0.25, 0.3) is 5.91 Å². The van der Waals surface area contributed by atoms with E-state index < -0.39 is 17.8 Å². The van der Waals surface area contributed by atoms with Crippen molar-refractivity contribution in [3.8, 4) is 11.5 Å². The zero-order chi connectivity index (χ0) is 23.9. The summed E-state index contributed by atoms with van der Waals surface area (Å²) < 4.78 is 25.8. The number of carbonyl (C=O) groups is 2. The number of carbonyl (C=O) groups excluding carboxylic acids is 2. The van der Waals surface area contributed by atoms with Crippen LogP contribution in [-0.2, 0) is 6.61 Å². The highest BCUT2D eigenvalue weighted by Crippen LogP contribution is 2.33. The number of thiophene rings is 1. The van der Waals surface area contributed by atoms with Gasteiger partial charge in [0.05, 0.1) is 23.1 Å². The average molecular weight is 482 g/mol. The molecule has 0 aliphatic rings. The van der Waals surface area contributed by atoms with E-state index in [2.05, 4.69) is 15.6 Å². The van der Waals surface area contributed by atoms with E-state index in [4.69, 9.17) is 14.6 Å². The number of ether oxygens (including phenoxy) is 2. The van der Waals surface area contributed by atoms with E-state index in [0.717, 1.165) is 15.6 Å². The number of nitrogens with one attached hydrogen (secondary N) is 2. The van der Waals surface area contributed by atoms with Crippen LogP contribution in [0.5, 0.6) is 11.5 Å². The normalized spacial score (nSPS) is 10.6. The van der Waals surface area contributed by atoms with E-state index in [9.17, 15) is 14.0 Å². The Morgan fingerprint density at radius 2 is 1.97 bits per heavy atom. The maximum absolute atomic E-state index is 13.8. The number of fused-ring (bicyclic) bond motifs is 1. The Hall–Kier alpha value is -4.02. The summed E-state index contributed by atoms with van der Waals surface area (Å²) >= 11 is 1.39. The van der Waals surface area contributed by atoms with E-state index in [0.29, 0.717) is 17.2 Å². The predicted octanol–water partition coefficient (Wildman–Crippen LogP) is 4.35. The molecule has 4 rings (SSSR count). The molecule has 0 atom stereocenters. The third-order valence-electron chi connectivity index (χ3n) is 4.72. The van der Waals surface area contributed by atoms with Crippen LogP contribution in [-0.4, -0.2) is 35.2 Å². The number of hydrogen-bond donors (Lipinski definition) is 3. The number of rotatable bonds is 8. The molecule has 0 aliphatic heterocycles. The fourth-order valence-electron chi connectivity index (χ4n) is 3.12. The summed E-state index contributed by atoms with van der Waals surface area (Å²) in [5.41, 5.74) is 1.26. The minimum Gasteiger partial charge on any atom is -0.489 e. The first kappa shape index (κ1) is 23.1. The monoisotopic (exact) mass is 481 g/mol. The third kappa shape index (κ3) is 5.48. The van der Waals surface area contributed by atoms with Crippen molar-refractivity contribution in [2.24, 2.45) is 0 Å². The summed E-state index contributed by atoms with van der Waals surface area (Å²) in [6.45, 7) is 0.115. The number of aromatic nitrogens is 1. The number of amides is 2. The van der Waals surface area contributed by atoms with Crippen LogP contribution >= 0.6 is 11.3 Å². The largest absolute Gasteiger partial charge is 0.489 e. The van der Waals surface area contributed by atoms with Crippen molar-refractivity contribution in [2.45, 2.75) is 6.61 Å². The van der Waals surface area contributed by atoms with Crippen molar-refractivity contribution in [2.75, 3.05) is 18.5 Å². The van der Waals surface area contributed by atoms with Crippen LogP contribution in [0.25, 0.3) is 10.1 Å². The van der Waals surface area contributed by atoms with E-state index in [1.165, 1.54) is 35.7 Å². The van der Waals surface area contributed by atoms with Gasteiger partial charge in [-0.2, -0.15) is 0 Å². The molecule has 2 aromatic heterocycles. The molecule has 2 amide bonds. The lowest BCUT2D eigenvalue weighted by molar-refractivity contribution is 0.102. The lowest BCUT2D eigenvalue weighted by Gasteiger charge is -2.10. The molecule has 0 saturated carbocycles. The average Bonchev–Trinajstić information content (AvgIpc) is 3.26. The highest BCUT2D eigenvalue weighted by atomic mass is 32.1. The molecule has 3 N–H and O–H groups in total. The van der Waals surface area contributed by atoms with Crippen LogP contribution in [0.15, 0.2) is 66.3 Å². The molecular weight excluding hydrogens is 461 g/mol. The van der Waals surface area contributed by atoms with Gasteiger partial charge in [0.1, 0.15) is 18.2 Å². The summed E-state index contributed by atoms with van der Waals surface area (Å²) in [6.07, 6.45) is 2.43. The lowest BCUT2D eigenvalue weighted by Crippen LogP contribution is -2.29. The van der Waals surface area contributed by atoms with Crippen LogP contribution in [0.1, 0.15) is 15.9 Å². The van der Waals surface area contributed by atoms with E-state index in [-0.39, 0.29) is 25.3 Å². The molecule has 0 aliphatic carbocycles. The molecule has 2 aromatic carbocycles. The smallest absolute Gasteiger partial charge is 0.412 e. The number of halogens is 1. The van der Waals surface area contributed by atoms with Gasteiger partial charge < -0.3 is 25.2 Å². The second-order valence-corrected chi connectivity index (χ2v) is 7.95. The standard InChI is InChI=1S/C24H20FN3O5S/c25-20-7-2-1-6-18(20)23(30)28-16-4-3-5-17(10-16)32-13-15-14-34-22-19(15)11-26-12-21(22)33-24(31)27-8-9-29/h1-7,10-12,14,29H,8-9,13H2,(H,27,31)(H,28,30). The Morgan fingerprint density at radius 1 is 1.12 bits per heavy atom. The Morgan fingerprint density at radius 3 is 2.79 bits per heavy atom. The third-order valence-corrected chi connectivity index (χ3v) is 5.78. The first-order valence-corrected chi connectivity index (χ1v) is 11.1. The summed E-state index contributed by atoms with van der Waals surface area (Å²) in [5, 5.41) is 16.6. The molecule has 8 nitrogen and oxygen atoms in total. The van der Waals surface area contributed by atoms with Crippen molar-refractivity contribution in [1.82, 2.24) is 10.3 Å². The lowest BCUT2D eigenvalue weighted by atomic mass is 10.2. The van der Waals surface area contributed by atoms with Gasteiger partial charge in [-0.1, -0.05) is 18.2 Å². The number of benzene rings is 2. The minimum absolute atomic E-state index is 0.0471. The molecule has 2 heterocycles. The zero-order valence-corrected chi connectivity index (χ0v) is 18.6. The second-order valence-electron chi connectivity index (χ2n) is 7.07. The van der Waals surface area contributed by atoms with Gasteiger partial charge in [0, 0.05) is 35.4 Å². The Bertz CT molecular complexity index is 1330. The van der Waals surface area contributed by atoms with Gasteiger partial charge in [-0.05, 0) is 29.6 Å². The molecule has 0 saturated heterocycles. The summed E-state index contributed by atoms with van der Waals surface area (Å²) in [5.74, 6) is -0.336. The van der Waals surface area contributed by atoms with Crippen LogP contribution in [0, 0.1) is 5.82 Å². The van der Waals surface area contributed by atoms with Crippen LogP contribution in [0.3, 0.4) is 0 Å². The molecule has 0 unspecified atom stereocenters. The fourth-order valence-corrected chi connectivity index (χ4v) is 4.10. The van der Waals surface area contributed by atoms with Gasteiger partial charge in [0.2, 0.25) is 0 Å². The molecule has 0 spiro atoms. The van der Waals surface area contributed by atoms with E-state index in [1.807, 2.05) is 5.38 Å². The number of hydrogen-bond acceptors (Lipinski definition) is 7. The van der Waals surface area contributed by atoms with Gasteiger partial charge in [0.15, 0.2) is 5.75 Å². The molecule has 4 aromatic rings. The van der Waals surface area contributed by atoms with Gasteiger partial charge >= 0.3 is 6.09 Å². The first-order chi connectivity index (χ1) is 16.5. The number of anilines is 1. The number of aliphatic hydroxyl groups is 1. The van der Waals surface area contributed by atoms with Gasteiger partial charge in [-0.25, -0.2) is 9.18 Å². The van der Waals surface area contributed by atoms with E-state index in [1.54, 1.807) is 36.5 Å². The minimum atomic E-state index is -0.677. The summed E-state index contributed by atoms with van der Waals surface area (Å²) in [4.78, 5) is 28.3. The highest BCUT2D eigenvalue weighted by molar-refractivity contribution is 7.17. The summed E-state index contributed by atoms with van der Waals surface area (Å²) in [6, 6.07) is 12.5. The van der Waals surface area contributed by atoms with Gasteiger partial charge in [-0.3, -0.25) is 9.78 Å². The van der Waals surface area contributed by atoms with Crippen molar-refractivity contribution < 1.29 is 28.6 Å². The maximum Gasteiger partial charge on any atom is 0.412 e. The zero-order valence-electron chi connectivity index (χ0n) is 17.8. The van der Waals surface area contributed by atoms with Crippen LogP contribution in [0.4, 0.5) is 14.9 Å². The molecule has 174 valence electrons. The van der Waals surface area contributed by atoms with Crippen molar-refractivity contribution in [1.29, 1.82) is 0 Å². The number of aliphatic hydroxyl groups excluding tert-OH is 1. The first-order valence-electron chi connectivity index (χ1n) is 10.2. The SMILES string of the molecule is O=C(NCCO)Oc1cncc2c(COc3cccc(NC(=O)c4ccccc4F)c3)csc12. The van der Waals surface area contributed by atoms with E-state index >= 15 is 0 Å². The summed E-state index contributed by atoms with van der Waals surface area (Å²) in [7, 11) is 0. The Balaban J connectivity index is 1.43. The Kier molecular flexibility index (Phi) is 7.31. The highest BCUT2D eigenvalue weighted by Gasteiger charge is 2.14. The predicted molar refractivity (Wildman–Crippen MR) is 126 cm³/mol. The van der Waals surface area contributed by atoms with Crippen LogP contribution in [0.2, 0.25) is 0 Å². The molecular formula is C24H20FN3O5S. The fraction of sp³-hybridized carbons (Fsp3) is 0.125. The van der Waals surface area contributed by atoms with Crippen molar-refractivity contribution >= 4 is 39.1 Å². The quantitative estimate of drug-likeness (QED) is 0.345. The Labute approximate surface area is 198 Å². The molecule has 0 bridgehead atoms. The van der Waals surface area contributed by atoms with Crippen molar-refractivity contribution in [3.63, 3.8) is 0 Å². The van der Waals surface area contributed by atoms with Crippen LogP contribution < -0.4 is 20.1 Å². The molecule has 0 radical (unpaired) electrons. The molecule has 0 fully saturated rings. The second kappa shape index (κ2) is 10.7. The maximum atomic E-state index is 13.8. The molecule has 10 heteroatoms. The number of pyridine rings is 1. The van der Waals surface area contributed by atoms with Crippen molar-refractivity contribution in [3.05, 3.63) is 83.2 Å². The molecule has 34 heavy (non-hydrogen) atoms. The number of nitrogens with zero attached hydrogens (tertiary/aromatic N) is 1. The van der Waals surface area contributed by atoms with Gasteiger partial charge in [-0.15, -0.1) is 11.3 Å². The topological polar surface area (TPSA) is 110 Å².